The molecule has 2 nitrogen and oxygen atoms in total. The largest absolute Gasteiger partial charge is 0.388 e. The third-order valence-corrected chi connectivity index (χ3v) is 4.10. The van der Waals surface area contributed by atoms with E-state index in [1.165, 1.54) is 11.1 Å². The topological polar surface area (TPSA) is 23.5 Å². The van der Waals surface area contributed by atoms with Crippen LogP contribution in [0.3, 0.4) is 0 Å². The van der Waals surface area contributed by atoms with Crippen molar-refractivity contribution in [2.75, 3.05) is 20.1 Å². The van der Waals surface area contributed by atoms with Crippen LogP contribution in [0.2, 0.25) is 0 Å². The standard InChI is InChI=1S/C17H27NO/c1-16(2,3)15-8-6-14(7-9-15)12-17(19)10-5-11-18(4)13-17/h6-9,19H,5,10-13H2,1-4H3. The van der Waals surface area contributed by atoms with Gasteiger partial charge in [-0.15, -0.1) is 0 Å². The third-order valence-electron chi connectivity index (χ3n) is 4.10. The number of rotatable bonds is 2. The number of hydrogen-bond donors (Lipinski definition) is 1. The van der Waals surface area contributed by atoms with Crippen LogP contribution in [0.5, 0.6) is 0 Å². The molecule has 2 rings (SSSR count). The van der Waals surface area contributed by atoms with E-state index in [4.69, 9.17) is 0 Å². The highest BCUT2D eigenvalue weighted by Gasteiger charge is 2.31. The lowest BCUT2D eigenvalue weighted by Gasteiger charge is -2.37. The number of piperidine rings is 1. The minimum Gasteiger partial charge on any atom is -0.388 e. The molecule has 1 fully saturated rings. The summed E-state index contributed by atoms with van der Waals surface area (Å²) in [6.07, 6.45) is 2.77. The first-order valence-corrected chi connectivity index (χ1v) is 7.29. The van der Waals surface area contributed by atoms with Crippen LogP contribution in [0.1, 0.15) is 44.7 Å². The van der Waals surface area contributed by atoms with Gasteiger partial charge in [0.05, 0.1) is 5.60 Å². The predicted molar refractivity (Wildman–Crippen MR) is 80.5 cm³/mol. The zero-order valence-electron chi connectivity index (χ0n) is 12.7. The fourth-order valence-corrected chi connectivity index (χ4v) is 2.99. The molecule has 106 valence electrons. The van der Waals surface area contributed by atoms with Crippen molar-refractivity contribution in [2.24, 2.45) is 0 Å². The molecule has 1 heterocycles. The van der Waals surface area contributed by atoms with Crippen molar-refractivity contribution in [1.82, 2.24) is 4.90 Å². The number of likely N-dealkylation sites (N-methyl/N-ethyl adjacent to an activating group) is 1. The molecule has 0 aromatic heterocycles. The Balaban J connectivity index is 2.07. The maximum Gasteiger partial charge on any atom is 0.0814 e. The highest BCUT2D eigenvalue weighted by Crippen LogP contribution is 2.27. The summed E-state index contributed by atoms with van der Waals surface area (Å²) in [7, 11) is 2.09. The maximum absolute atomic E-state index is 10.7. The van der Waals surface area contributed by atoms with Gasteiger partial charge >= 0.3 is 0 Å². The Morgan fingerprint density at radius 2 is 1.84 bits per heavy atom. The van der Waals surface area contributed by atoms with Crippen LogP contribution >= 0.6 is 0 Å². The SMILES string of the molecule is CN1CCCC(O)(Cc2ccc(C(C)(C)C)cc2)C1. The molecule has 1 saturated heterocycles. The molecule has 0 spiro atoms. The zero-order valence-corrected chi connectivity index (χ0v) is 12.7. The average molecular weight is 261 g/mol. The van der Waals surface area contributed by atoms with Gasteiger partial charge in [0.2, 0.25) is 0 Å². The number of likely N-dealkylation sites (tertiary alicyclic amines) is 1. The average Bonchev–Trinajstić information content (AvgIpc) is 2.27. The molecule has 0 amide bonds. The monoisotopic (exact) mass is 261 g/mol. The second-order valence-corrected chi connectivity index (χ2v) is 7.19. The summed E-state index contributed by atoms with van der Waals surface area (Å²) in [4.78, 5) is 2.23. The van der Waals surface area contributed by atoms with Crippen molar-refractivity contribution in [2.45, 2.75) is 51.0 Å². The van der Waals surface area contributed by atoms with E-state index < -0.39 is 5.60 Å². The van der Waals surface area contributed by atoms with Crippen molar-refractivity contribution >= 4 is 0 Å². The molecular formula is C17H27NO. The molecule has 1 N–H and O–H groups in total. The van der Waals surface area contributed by atoms with Gasteiger partial charge in [-0.1, -0.05) is 45.0 Å². The first-order valence-electron chi connectivity index (χ1n) is 7.29. The Morgan fingerprint density at radius 1 is 1.21 bits per heavy atom. The molecule has 0 aliphatic carbocycles. The number of benzene rings is 1. The first-order chi connectivity index (χ1) is 8.78. The Bertz CT molecular complexity index is 418. The summed E-state index contributed by atoms with van der Waals surface area (Å²) in [6.45, 7) is 8.57. The van der Waals surface area contributed by atoms with Gasteiger partial charge in [-0.3, -0.25) is 0 Å². The van der Waals surface area contributed by atoms with Crippen LogP contribution in [0, 0.1) is 0 Å². The van der Waals surface area contributed by atoms with Gasteiger partial charge in [0.15, 0.2) is 0 Å². The van der Waals surface area contributed by atoms with E-state index >= 15 is 0 Å². The second-order valence-electron chi connectivity index (χ2n) is 7.19. The van der Waals surface area contributed by atoms with Crippen LogP contribution in [-0.4, -0.2) is 35.7 Å². The number of aliphatic hydroxyl groups is 1. The lowest BCUT2D eigenvalue weighted by molar-refractivity contribution is -0.0223. The van der Waals surface area contributed by atoms with Gasteiger partial charge in [-0.05, 0) is 43.0 Å². The minimum absolute atomic E-state index is 0.195. The number of nitrogens with zero attached hydrogens (tertiary/aromatic N) is 1. The first kappa shape index (κ1) is 14.5. The number of β-amino-alcohol motifs (C(OH)–C–C–N with tert-alkyl or cyclic N) is 1. The lowest BCUT2D eigenvalue weighted by Crippen LogP contribution is -2.47. The zero-order chi connectivity index (χ0) is 14.1. The smallest absolute Gasteiger partial charge is 0.0814 e. The highest BCUT2D eigenvalue weighted by atomic mass is 16.3. The van der Waals surface area contributed by atoms with Gasteiger partial charge < -0.3 is 10.0 Å². The van der Waals surface area contributed by atoms with Crippen molar-refractivity contribution in [3.05, 3.63) is 35.4 Å². The van der Waals surface area contributed by atoms with Gasteiger partial charge in [0, 0.05) is 13.0 Å². The van der Waals surface area contributed by atoms with E-state index in [1.807, 2.05) is 0 Å². The molecule has 1 atom stereocenters. The molecule has 0 bridgehead atoms. The van der Waals surface area contributed by atoms with E-state index in [0.717, 1.165) is 32.4 Å². The van der Waals surface area contributed by atoms with E-state index in [0.29, 0.717) is 0 Å². The minimum atomic E-state index is -0.545. The van der Waals surface area contributed by atoms with E-state index in [2.05, 4.69) is 57.0 Å². The lowest BCUT2D eigenvalue weighted by atomic mass is 9.84. The molecule has 1 aromatic carbocycles. The number of hydrogen-bond acceptors (Lipinski definition) is 2. The molecule has 19 heavy (non-hydrogen) atoms. The molecular weight excluding hydrogens is 234 g/mol. The van der Waals surface area contributed by atoms with E-state index in [-0.39, 0.29) is 5.41 Å². The van der Waals surface area contributed by atoms with Crippen molar-refractivity contribution in [1.29, 1.82) is 0 Å². The maximum atomic E-state index is 10.7. The Hall–Kier alpha value is -0.860. The molecule has 1 unspecified atom stereocenters. The van der Waals surface area contributed by atoms with Crippen molar-refractivity contribution < 1.29 is 5.11 Å². The summed E-state index contributed by atoms with van der Waals surface area (Å²) < 4.78 is 0. The predicted octanol–water partition coefficient (Wildman–Crippen LogP) is 2.98. The quantitative estimate of drug-likeness (QED) is 0.884. The molecule has 1 aliphatic rings. The second kappa shape index (κ2) is 5.26. The van der Waals surface area contributed by atoms with Crippen LogP contribution < -0.4 is 0 Å². The fraction of sp³-hybridized carbons (Fsp3) is 0.647. The summed E-state index contributed by atoms with van der Waals surface area (Å²) in [6, 6.07) is 8.75. The van der Waals surface area contributed by atoms with Gasteiger partial charge in [0.1, 0.15) is 0 Å². The molecule has 0 radical (unpaired) electrons. The third kappa shape index (κ3) is 3.80. The fourth-order valence-electron chi connectivity index (χ4n) is 2.99. The summed E-state index contributed by atoms with van der Waals surface area (Å²) in [5.41, 5.74) is 2.24. The summed E-state index contributed by atoms with van der Waals surface area (Å²) in [5, 5.41) is 10.7. The van der Waals surface area contributed by atoms with Gasteiger partial charge in [-0.2, -0.15) is 0 Å². The van der Waals surface area contributed by atoms with Gasteiger partial charge in [0.25, 0.3) is 0 Å². The van der Waals surface area contributed by atoms with Crippen LogP contribution in [-0.2, 0) is 11.8 Å². The van der Waals surface area contributed by atoms with Crippen molar-refractivity contribution in [3.8, 4) is 0 Å². The van der Waals surface area contributed by atoms with Crippen LogP contribution in [0.15, 0.2) is 24.3 Å². The van der Waals surface area contributed by atoms with E-state index in [1.54, 1.807) is 0 Å². The highest BCUT2D eigenvalue weighted by molar-refractivity contribution is 5.28. The van der Waals surface area contributed by atoms with Gasteiger partial charge in [-0.25, -0.2) is 0 Å². The summed E-state index contributed by atoms with van der Waals surface area (Å²) >= 11 is 0. The van der Waals surface area contributed by atoms with Crippen molar-refractivity contribution in [3.63, 3.8) is 0 Å². The summed E-state index contributed by atoms with van der Waals surface area (Å²) in [5.74, 6) is 0. The molecule has 2 heteroatoms. The molecule has 1 aromatic rings. The Labute approximate surface area is 117 Å². The Kier molecular flexibility index (Phi) is 4.03. The normalized spacial score (nSPS) is 25.5. The van der Waals surface area contributed by atoms with E-state index in [9.17, 15) is 5.11 Å². The Morgan fingerprint density at radius 3 is 2.37 bits per heavy atom. The molecule has 0 saturated carbocycles. The van der Waals surface area contributed by atoms with Crippen LogP contribution in [0.25, 0.3) is 0 Å². The van der Waals surface area contributed by atoms with Crippen LogP contribution in [0.4, 0.5) is 0 Å². The molecule has 1 aliphatic heterocycles.